The Morgan fingerprint density at radius 1 is 1.17 bits per heavy atom. The summed E-state index contributed by atoms with van der Waals surface area (Å²) in [5, 5.41) is 3.21. The van der Waals surface area contributed by atoms with E-state index in [1.807, 2.05) is 0 Å². The molecule has 4 nitrogen and oxygen atoms in total. The first-order valence-corrected chi connectivity index (χ1v) is 9.05. The minimum absolute atomic E-state index is 0.0698. The van der Waals surface area contributed by atoms with Crippen LogP contribution in [0.3, 0.4) is 0 Å². The van der Waals surface area contributed by atoms with Crippen LogP contribution in [0.2, 0.25) is 0 Å². The predicted molar refractivity (Wildman–Crippen MR) is 92.1 cm³/mol. The number of carbonyl (C=O) groups excluding carboxylic acids is 1. The highest BCUT2D eigenvalue weighted by Gasteiger charge is 2.49. The second-order valence-electron chi connectivity index (χ2n) is 7.62. The minimum atomic E-state index is 0.0698. The summed E-state index contributed by atoms with van der Waals surface area (Å²) in [5.41, 5.74) is 7.57. The van der Waals surface area contributed by atoms with Crippen LogP contribution in [-0.4, -0.2) is 31.6 Å². The molecule has 4 heteroatoms. The second kappa shape index (κ2) is 6.16. The summed E-state index contributed by atoms with van der Waals surface area (Å²) < 4.78 is 0. The van der Waals surface area contributed by atoms with E-state index >= 15 is 0 Å². The highest BCUT2D eigenvalue weighted by molar-refractivity contribution is 5.80. The molecule has 0 radical (unpaired) electrons. The van der Waals surface area contributed by atoms with Crippen LogP contribution in [0.5, 0.6) is 0 Å². The fourth-order valence-corrected chi connectivity index (χ4v) is 4.96. The van der Waals surface area contributed by atoms with Gasteiger partial charge in [-0.1, -0.05) is 18.2 Å². The van der Waals surface area contributed by atoms with Crippen molar-refractivity contribution < 1.29 is 4.79 Å². The molecular weight excluding hydrogens is 286 g/mol. The molecule has 1 aromatic rings. The molecule has 124 valence electrons. The standard InChI is InChI=1S/C19H27N3O/c20-18-15-7-6-14(10-15)17(18)19(23)21-11-13-8-9-22(12-13)16-4-2-1-3-5-16/h1-5,13-15,17-18H,6-12,20H2,(H,21,23). The first-order valence-electron chi connectivity index (χ1n) is 9.05. The van der Waals surface area contributed by atoms with Gasteiger partial charge in [0, 0.05) is 31.4 Å². The SMILES string of the molecule is NC1C2CCC(C2)C1C(=O)NCC1CCN(c2ccccc2)C1. The molecule has 3 aliphatic rings. The van der Waals surface area contributed by atoms with Crippen LogP contribution in [0, 0.1) is 23.7 Å². The van der Waals surface area contributed by atoms with Crippen molar-refractivity contribution in [1.82, 2.24) is 5.32 Å². The third-order valence-electron chi connectivity index (χ3n) is 6.26. The summed E-state index contributed by atoms with van der Waals surface area (Å²) in [4.78, 5) is 15.0. The van der Waals surface area contributed by atoms with Crippen LogP contribution in [0.15, 0.2) is 30.3 Å². The van der Waals surface area contributed by atoms with Crippen molar-refractivity contribution in [3.05, 3.63) is 30.3 Å². The van der Waals surface area contributed by atoms with Crippen molar-refractivity contribution in [3.8, 4) is 0 Å². The van der Waals surface area contributed by atoms with Crippen LogP contribution in [0.4, 0.5) is 5.69 Å². The number of para-hydroxylation sites is 1. The smallest absolute Gasteiger partial charge is 0.224 e. The number of hydrogen-bond acceptors (Lipinski definition) is 3. The molecule has 3 fully saturated rings. The highest BCUT2D eigenvalue weighted by Crippen LogP contribution is 2.47. The van der Waals surface area contributed by atoms with E-state index in [0.717, 1.165) is 26.1 Å². The molecule has 1 saturated heterocycles. The quantitative estimate of drug-likeness (QED) is 0.894. The predicted octanol–water partition coefficient (Wildman–Crippen LogP) is 2.00. The Labute approximate surface area is 138 Å². The number of amides is 1. The lowest BCUT2D eigenvalue weighted by Gasteiger charge is -2.27. The third-order valence-corrected chi connectivity index (χ3v) is 6.26. The van der Waals surface area contributed by atoms with E-state index in [1.165, 1.54) is 24.9 Å². The maximum absolute atomic E-state index is 12.5. The average molecular weight is 313 g/mol. The number of benzene rings is 1. The molecule has 1 aliphatic heterocycles. The summed E-state index contributed by atoms with van der Waals surface area (Å²) >= 11 is 0. The fraction of sp³-hybridized carbons (Fsp3) is 0.632. The van der Waals surface area contributed by atoms with Gasteiger partial charge in [0.2, 0.25) is 5.91 Å². The molecule has 1 aromatic carbocycles. The molecule has 2 bridgehead atoms. The van der Waals surface area contributed by atoms with Crippen LogP contribution in [0.25, 0.3) is 0 Å². The molecule has 5 atom stereocenters. The number of nitrogens with zero attached hydrogens (tertiary/aromatic N) is 1. The van der Waals surface area contributed by atoms with Gasteiger partial charge >= 0.3 is 0 Å². The van der Waals surface area contributed by atoms with E-state index < -0.39 is 0 Å². The van der Waals surface area contributed by atoms with Crippen molar-refractivity contribution in [1.29, 1.82) is 0 Å². The van der Waals surface area contributed by atoms with Crippen molar-refractivity contribution in [2.75, 3.05) is 24.5 Å². The van der Waals surface area contributed by atoms with Crippen LogP contribution in [-0.2, 0) is 4.79 Å². The van der Waals surface area contributed by atoms with E-state index in [4.69, 9.17) is 5.73 Å². The van der Waals surface area contributed by atoms with Gasteiger partial charge in [0.05, 0.1) is 5.92 Å². The molecule has 0 spiro atoms. The fourth-order valence-electron chi connectivity index (χ4n) is 4.96. The van der Waals surface area contributed by atoms with E-state index in [1.54, 1.807) is 0 Å². The number of anilines is 1. The lowest BCUT2D eigenvalue weighted by atomic mass is 9.84. The van der Waals surface area contributed by atoms with E-state index in [9.17, 15) is 4.79 Å². The zero-order chi connectivity index (χ0) is 15.8. The van der Waals surface area contributed by atoms with Gasteiger partial charge in [-0.2, -0.15) is 0 Å². The summed E-state index contributed by atoms with van der Waals surface area (Å²) in [6.45, 7) is 2.91. The van der Waals surface area contributed by atoms with E-state index in [-0.39, 0.29) is 17.9 Å². The van der Waals surface area contributed by atoms with Gasteiger partial charge in [0.25, 0.3) is 0 Å². The number of hydrogen-bond donors (Lipinski definition) is 2. The Kier molecular flexibility index (Phi) is 4.02. The normalized spacial score (nSPS) is 35.7. The molecule has 1 heterocycles. The molecular formula is C19H27N3O. The molecule has 1 amide bonds. The average Bonchev–Trinajstić information content (AvgIpc) is 3.29. The zero-order valence-corrected chi connectivity index (χ0v) is 13.7. The molecule has 4 rings (SSSR count). The maximum Gasteiger partial charge on any atom is 0.224 e. The van der Waals surface area contributed by atoms with Gasteiger partial charge in [-0.15, -0.1) is 0 Å². The van der Waals surface area contributed by atoms with Gasteiger partial charge in [0.1, 0.15) is 0 Å². The Bertz CT molecular complexity index is 559. The number of nitrogens with one attached hydrogen (secondary N) is 1. The molecule has 2 aliphatic carbocycles. The van der Waals surface area contributed by atoms with Crippen molar-refractivity contribution in [2.24, 2.45) is 29.4 Å². The molecule has 0 aromatic heterocycles. The minimum Gasteiger partial charge on any atom is -0.371 e. The first-order chi connectivity index (χ1) is 11.2. The Morgan fingerprint density at radius 2 is 1.96 bits per heavy atom. The Morgan fingerprint density at radius 3 is 2.70 bits per heavy atom. The number of nitrogens with two attached hydrogens (primary N) is 1. The topological polar surface area (TPSA) is 58.4 Å². The van der Waals surface area contributed by atoms with Crippen molar-refractivity contribution in [2.45, 2.75) is 31.7 Å². The van der Waals surface area contributed by atoms with Crippen molar-refractivity contribution in [3.63, 3.8) is 0 Å². The van der Waals surface area contributed by atoms with E-state index in [0.29, 0.717) is 17.8 Å². The monoisotopic (exact) mass is 313 g/mol. The summed E-state index contributed by atoms with van der Waals surface area (Å²) in [7, 11) is 0. The second-order valence-corrected chi connectivity index (χ2v) is 7.62. The lowest BCUT2D eigenvalue weighted by molar-refractivity contribution is -0.127. The first kappa shape index (κ1) is 15.0. The molecule has 2 saturated carbocycles. The van der Waals surface area contributed by atoms with E-state index in [2.05, 4.69) is 40.5 Å². The number of fused-ring (bicyclic) bond motifs is 2. The maximum atomic E-state index is 12.5. The Balaban J connectivity index is 1.28. The van der Waals surface area contributed by atoms with Crippen LogP contribution in [0.1, 0.15) is 25.7 Å². The molecule has 23 heavy (non-hydrogen) atoms. The number of rotatable bonds is 4. The summed E-state index contributed by atoms with van der Waals surface area (Å²) in [6, 6.07) is 10.6. The van der Waals surface area contributed by atoms with Gasteiger partial charge in [0.15, 0.2) is 0 Å². The highest BCUT2D eigenvalue weighted by atomic mass is 16.1. The summed E-state index contributed by atoms with van der Waals surface area (Å²) in [6.07, 6.45) is 4.74. The Hall–Kier alpha value is -1.55. The van der Waals surface area contributed by atoms with Gasteiger partial charge in [-0.05, 0) is 55.6 Å². The van der Waals surface area contributed by atoms with Crippen LogP contribution < -0.4 is 16.0 Å². The lowest BCUT2D eigenvalue weighted by Crippen LogP contribution is -2.46. The van der Waals surface area contributed by atoms with Gasteiger partial charge in [-0.3, -0.25) is 4.79 Å². The molecule has 3 N–H and O–H groups in total. The summed E-state index contributed by atoms with van der Waals surface area (Å²) in [5.74, 6) is 1.97. The number of carbonyl (C=O) groups is 1. The van der Waals surface area contributed by atoms with Crippen LogP contribution >= 0.6 is 0 Å². The molecule has 5 unspecified atom stereocenters. The van der Waals surface area contributed by atoms with Gasteiger partial charge < -0.3 is 16.0 Å². The van der Waals surface area contributed by atoms with Gasteiger partial charge in [-0.25, -0.2) is 0 Å². The van der Waals surface area contributed by atoms with Crippen molar-refractivity contribution >= 4 is 11.6 Å². The largest absolute Gasteiger partial charge is 0.371 e. The zero-order valence-electron chi connectivity index (χ0n) is 13.7. The third kappa shape index (κ3) is 2.85.